The Labute approximate surface area is 169 Å². The van der Waals surface area contributed by atoms with E-state index >= 15 is 0 Å². The van der Waals surface area contributed by atoms with Gasteiger partial charge in [0.05, 0.1) is 0 Å². The van der Waals surface area contributed by atoms with E-state index in [0.29, 0.717) is 29.1 Å². The molecule has 0 radical (unpaired) electrons. The number of thiazole rings is 1. The molecule has 1 heterocycles. The van der Waals surface area contributed by atoms with Gasteiger partial charge in [-0.1, -0.05) is 37.1 Å². The molecule has 0 saturated heterocycles. The molecular formula is C23H26N2O2S. The van der Waals surface area contributed by atoms with Gasteiger partial charge in [-0.3, -0.25) is 9.59 Å². The average Bonchev–Trinajstić information content (AvgIpc) is 3.28. The van der Waals surface area contributed by atoms with Crippen molar-refractivity contribution in [3.63, 3.8) is 0 Å². The standard InChI is InChI=1S/C23H26N2O2S/c1-13(26)17-7-2-3-8-18(17)23-24-20(12-28-23)22(27)25-21-15-6-4-5-14(9-15)10-16-11-19(16)21/h2-3,7-8,12,14-16,19,21H,4-6,9-11H2,1H3,(H,25,27). The molecule has 2 bridgehead atoms. The number of ketones is 1. The molecule has 28 heavy (non-hydrogen) atoms. The first-order valence-electron chi connectivity index (χ1n) is 10.5. The van der Waals surface area contributed by atoms with Crippen LogP contribution in [-0.2, 0) is 0 Å². The Hall–Kier alpha value is -2.01. The Morgan fingerprint density at radius 1 is 1.11 bits per heavy atom. The van der Waals surface area contributed by atoms with Crippen LogP contribution in [0.2, 0.25) is 0 Å². The molecule has 1 aromatic carbocycles. The van der Waals surface area contributed by atoms with E-state index in [1.165, 1.54) is 49.9 Å². The zero-order chi connectivity index (χ0) is 19.3. The number of rotatable bonds is 4. The van der Waals surface area contributed by atoms with Crippen LogP contribution < -0.4 is 5.32 Å². The second-order valence-corrected chi connectivity index (χ2v) is 9.69. The van der Waals surface area contributed by atoms with Crippen LogP contribution in [0.4, 0.5) is 0 Å². The number of benzene rings is 1. The van der Waals surface area contributed by atoms with E-state index < -0.39 is 0 Å². The zero-order valence-electron chi connectivity index (χ0n) is 16.2. The molecule has 3 saturated carbocycles. The monoisotopic (exact) mass is 394 g/mol. The van der Waals surface area contributed by atoms with Crippen LogP contribution in [0.3, 0.4) is 0 Å². The number of hydrogen-bond donors (Lipinski definition) is 1. The molecule has 5 heteroatoms. The Bertz CT molecular complexity index is 921. The summed E-state index contributed by atoms with van der Waals surface area (Å²) in [6.45, 7) is 1.57. The molecule has 0 aliphatic heterocycles. The third kappa shape index (κ3) is 3.30. The molecule has 1 amide bonds. The molecule has 5 atom stereocenters. The summed E-state index contributed by atoms with van der Waals surface area (Å²) in [4.78, 5) is 29.5. The maximum atomic E-state index is 13.0. The quantitative estimate of drug-likeness (QED) is 0.746. The van der Waals surface area contributed by atoms with Crippen LogP contribution in [0.15, 0.2) is 29.6 Å². The lowest BCUT2D eigenvalue weighted by molar-refractivity contribution is 0.0895. The highest BCUT2D eigenvalue weighted by Gasteiger charge is 2.50. The van der Waals surface area contributed by atoms with Gasteiger partial charge in [-0.15, -0.1) is 11.3 Å². The summed E-state index contributed by atoms with van der Waals surface area (Å²) >= 11 is 1.43. The molecule has 5 unspecified atom stereocenters. The van der Waals surface area contributed by atoms with Crippen molar-refractivity contribution in [1.29, 1.82) is 0 Å². The van der Waals surface area contributed by atoms with Crippen LogP contribution in [0, 0.1) is 23.7 Å². The maximum Gasteiger partial charge on any atom is 0.271 e. The highest BCUT2D eigenvalue weighted by atomic mass is 32.1. The van der Waals surface area contributed by atoms with Crippen LogP contribution in [0.1, 0.15) is 66.3 Å². The highest BCUT2D eigenvalue weighted by molar-refractivity contribution is 7.13. The van der Waals surface area contributed by atoms with E-state index in [9.17, 15) is 9.59 Å². The summed E-state index contributed by atoms with van der Waals surface area (Å²) in [7, 11) is 0. The van der Waals surface area contributed by atoms with E-state index in [2.05, 4.69) is 10.3 Å². The normalized spacial score (nSPS) is 30.8. The van der Waals surface area contributed by atoms with Crippen LogP contribution in [0.25, 0.3) is 10.6 Å². The highest BCUT2D eigenvalue weighted by Crippen LogP contribution is 2.54. The molecular weight excluding hydrogens is 368 g/mol. The number of carbonyl (C=O) groups is 2. The number of hydrogen-bond acceptors (Lipinski definition) is 4. The number of amides is 1. The van der Waals surface area contributed by atoms with Crippen molar-refractivity contribution >= 4 is 23.0 Å². The second-order valence-electron chi connectivity index (χ2n) is 8.83. The Morgan fingerprint density at radius 3 is 2.79 bits per heavy atom. The molecule has 1 N–H and O–H groups in total. The minimum absolute atomic E-state index is 0.0156. The van der Waals surface area contributed by atoms with Crippen molar-refractivity contribution in [2.24, 2.45) is 23.7 Å². The Balaban J connectivity index is 1.35. The first-order chi connectivity index (χ1) is 13.6. The Morgan fingerprint density at radius 2 is 1.93 bits per heavy atom. The second kappa shape index (κ2) is 7.11. The van der Waals surface area contributed by atoms with Gasteiger partial charge < -0.3 is 5.32 Å². The van der Waals surface area contributed by atoms with Crippen molar-refractivity contribution in [1.82, 2.24) is 10.3 Å². The van der Waals surface area contributed by atoms with Crippen LogP contribution in [-0.4, -0.2) is 22.7 Å². The van der Waals surface area contributed by atoms with Crippen molar-refractivity contribution in [3.8, 4) is 10.6 Å². The number of aromatic nitrogens is 1. The van der Waals surface area contributed by atoms with Gasteiger partial charge in [-0.25, -0.2) is 4.98 Å². The van der Waals surface area contributed by atoms with Crippen molar-refractivity contribution in [2.45, 2.75) is 51.5 Å². The molecule has 3 fully saturated rings. The van der Waals surface area contributed by atoms with Crippen molar-refractivity contribution in [2.75, 3.05) is 0 Å². The fourth-order valence-corrected chi connectivity index (χ4v) is 6.40. The van der Waals surface area contributed by atoms with Gasteiger partial charge in [-0.05, 0) is 56.3 Å². The third-order valence-corrected chi connectivity index (χ3v) is 7.85. The average molecular weight is 395 g/mol. The summed E-state index contributed by atoms with van der Waals surface area (Å²) in [5, 5.41) is 5.92. The van der Waals surface area contributed by atoms with Gasteiger partial charge in [0.15, 0.2) is 5.78 Å². The van der Waals surface area contributed by atoms with E-state index in [4.69, 9.17) is 0 Å². The number of Topliss-reactive ketones (excluding diaryl/α,β-unsaturated/α-hetero) is 1. The minimum atomic E-state index is -0.0533. The lowest BCUT2D eigenvalue weighted by Gasteiger charge is -2.33. The number of fused-ring (bicyclic) bond motifs is 3. The predicted molar refractivity (Wildman–Crippen MR) is 110 cm³/mol. The SMILES string of the molecule is CC(=O)c1ccccc1-c1nc(C(=O)NC2C3CCCC(CC4CC42)C3)cs1. The molecule has 3 aliphatic rings. The van der Waals surface area contributed by atoms with Gasteiger partial charge >= 0.3 is 0 Å². The summed E-state index contributed by atoms with van der Waals surface area (Å²) < 4.78 is 0. The first kappa shape index (κ1) is 18.0. The smallest absolute Gasteiger partial charge is 0.271 e. The van der Waals surface area contributed by atoms with Crippen LogP contribution in [0.5, 0.6) is 0 Å². The minimum Gasteiger partial charge on any atom is -0.347 e. The molecule has 1 aromatic heterocycles. The van der Waals surface area contributed by atoms with E-state index in [0.717, 1.165) is 22.4 Å². The van der Waals surface area contributed by atoms with Gasteiger partial charge in [0.25, 0.3) is 5.91 Å². The lowest BCUT2D eigenvalue weighted by Crippen LogP contribution is -2.43. The van der Waals surface area contributed by atoms with Crippen LogP contribution >= 0.6 is 11.3 Å². The maximum absolute atomic E-state index is 13.0. The molecule has 0 spiro atoms. The van der Waals surface area contributed by atoms with E-state index in [1.807, 2.05) is 29.6 Å². The zero-order valence-corrected chi connectivity index (χ0v) is 17.0. The predicted octanol–water partition coefficient (Wildman–Crippen LogP) is 4.96. The lowest BCUT2D eigenvalue weighted by atomic mass is 9.77. The van der Waals surface area contributed by atoms with Gasteiger partial charge in [-0.2, -0.15) is 0 Å². The molecule has 5 rings (SSSR count). The first-order valence-corrected chi connectivity index (χ1v) is 11.3. The molecule has 2 aromatic rings. The Kier molecular flexibility index (Phi) is 4.58. The van der Waals surface area contributed by atoms with E-state index in [-0.39, 0.29) is 11.7 Å². The topological polar surface area (TPSA) is 59.1 Å². The molecule has 3 aliphatic carbocycles. The van der Waals surface area contributed by atoms with Crippen molar-refractivity contribution in [3.05, 3.63) is 40.9 Å². The number of nitrogens with zero attached hydrogens (tertiary/aromatic N) is 1. The van der Waals surface area contributed by atoms with Crippen molar-refractivity contribution < 1.29 is 9.59 Å². The summed E-state index contributed by atoms with van der Waals surface area (Å²) in [5.41, 5.74) is 1.94. The van der Waals surface area contributed by atoms with Gasteiger partial charge in [0, 0.05) is 22.5 Å². The third-order valence-electron chi connectivity index (χ3n) is 6.98. The van der Waals surface area contributed by atoms with Gasteiger partial charge in [0.1, 0.15) is 10.7 Å². The fraction of sp³-hybridized carbons (Fsp3) is 0.522. The molecule has 4 nitrogen and oxygen atoms in total. The summed E-state index contributed by atoms with van der Waals surface area (Å²) in [5.74, 6) is 2.98. The fourth-order valence-electron chi connectivity index (χ4n) is 5.56. The number of nitrogens with one attached hydrogen (secondary N) is 1. The summed E-state index contributed by atoms with van der Waals surface area (Å²) in [6, 6.07) is 7.80. The summed E-state index contributed by atoms with van der Waals surface area (Å²) in [6.07, 6.45) is 7.88. The van der Waals surface area contributed by atoms with Gasteiger partial charge in [0.2, 0.25) is 0 Å². The number of carbonyl (C=O) groups excluding carboxylic acids is 2. The molecule has 146 valence electrons. The van der Waals surface area contributed by atoms with E-state index in [1.54, 1.807) is 6.92 Å². The largest absolute Gasteiger partial charge is 0.347 e.